The Morgan fingerprint density at radius 3 is 2.70 bits per heavy atom. The van der Waals surface area contributed by atoms with Crippen LogP contribution in [0.1, 0.15) is 29.6 Å². The van der Waals surface area contributed by atoms with E-state index < -0.39 is 0 Å². The van der Waals surface area contributed by atoms with E-state index in [9.17, 15) is 9.90 Å². The van der Waals surface area contributed by atoms with Gasteiger partial charge in [0.05, 0.1) is 23.4 Å². The van der Waals surface area contributed by atoms with Crippen LogP contribution in [0.25, 0.3) is 11.3 Å². The molecule has 1 saturated carbocycles. The number of carbonyl (C=O) groups is 1. The first-order valence-electron chi connectivity index (χ1n) is 8.36. The molecule has 3 atom stereocenters. The van der Waals surface area contributed by atoms with E-state index in [1.165, 1.54) is 0 Å². The highest BCUT2D eigenvalue weighted by atomic mass is 16.3. The summed E-state index contributed by atoms with van der Waals surface area (Å²) in [7, 11) is 1.97. The van der Waals surface area contributed by atoms with Crippen molar-refractivity contribution in [2.45, 2.75) is 31.4 Å². The average molecular weight is 310 g/mol. The van der Waals surface area contributed by atoms with Crippen molar-refractivity contribution in [3.05, 3.63) is 48.2 Å². The number of aromatic nitrogens is 1. The van der Waals surface area contributed by atoms with Gasteiger partial charge in [0.25, 0.3) is 5.91 Å². The van der Waals surface area contributed by atoms with Crippen LogP contribution in [-0.2, 0) is 7.05 Å². The summed E-state index contributed by atoms with van der Waals surface area (Å²) in [5.74, 6) is 0.524. The molecular formula is C19H22N2O2. The molecule has 1 aliphatic carbocycles. The highest BCUT2D eigenvalue weighted by Gasteiger charge is 2.45. The van der Waals surface area contributed by atoms with Gasteiger partial charge in [-0.25, -0.2) is 0 Å². The summed E-state index contributed by atoms with van der Waals surface area (Å²) in [6.07, 6.45) is 4.44. The van der Waals surface area contributed by atoms with Crippen molar-refractivity contribution in [2.24, 2.45) is 13.0 Å². The third-order valence-electron chi connectivity index (χ3n) is 5.42. The van der Waals surface area contributed by atoms with Crippen molar-refractivity contribution in [3.8, 4) is 11.3 Å². The van der Waals surface area contributed by atoms with Crippen LogP contribution in [0.4, 0.5) is 0 Å². The Balaban J connectivity index is 1.70. The summed E-state index contributed by atoms with van der Waals surface area (Å²) in [6.45, 7) is 0.758. The fourth-order valence-corrected chi connectivity index (χ4v) is 4.32. The number of aryl methyl sites for hydroxylation is 1. The van der Waals surface area contributed by atoms with Gasteiger partial charge in [0.15, 0.2) is 0 Å². The molecule has 1 aliphatic heterocycles. The number of likely N-dealkylation sites (tertiary alicyclic amines) is 1. The second-order valence-electron chi connectivity index (χ2n) is 6.74. The lowest BCUT2D eigenvalue weighted by Crippen LogP contribution is -2.42. The molecule has 4 nitrogen and oxygen atoms in total. The van der Waals surface area contributed by atoms with Crippen LogP contribution in [0.3, 0.4) is 0 Å². The molecule has 2 aromatic rings. The van der Waals surface area contributed by atoms with Gasteiger partial charge >= 0.3 is 0 Å². The number of nitrogens with zero attached hydrogens (tertiary/aromatic N) is 2. The Bertz CT molecular complexity index is 722. The van der Waals surface area contributed by atoms with Crippen molar-refractivity contribution in [1.29, 1.82) is 0 Å². The quantitative estimate of drug-likeness (QED) is 0.927. The predicted molar refractivity (Wildman–Crippen MR) is 89.0 cm³/mol. The fourth-order valence-electron chi connectivity index (χ4n) is 4.32. The van der Waals surface area contributed by atoms with Gasteiger partial charge in [-0.2, -0.15) is 0 Å². The zero-order chi connectivity index (χ0) is 16.0. The molecule has 1 N–H and O–H groups in total. The highest BCUT2D eigenvalue weighted by Crippen LogP contribution is 2.39. The molecule has 1 aromatic heterocycles. The summed E-state index contributed by atoms with van der Waals surface area (Å²) < 4.78 is 2.00. The van der Waals surface area contributed by atoms with Gasteiger partial charge < -0.3 is 14.6 Å². The number of fused-ring (bicyclic) bond motifs is 1. The molecule has 0 unspecified atom stereocenters. The average Bonchev–Trinajstić information content (AvgIpc) is 3.24. The minimum atomic E-state index is -0.365. The largest absolute Gasteiger partial charge is 0.391 e. The van der Waals surface area contributed by atoms with Crippen LogP contribution in [0.5, 0.6) is 0 Å². The number of rotatable bonds is 2. The number of amides is 1. The van der Waals surface area contributed by atoms with Gasteiger partial charge in [0.1, 0.15) is 0 Å². The van der Waals surface area contributed by atoms with Crippen molar-refractivity contribution >= 4 is 5.91 Å². The van der Waals surface area contributed by atoms with E-state index in [4.69, 9.17) is 0 Å². The first-order chi connectivity index (χ1) is 11.2. The molecule has 4 heteroatoms. The summed E-state index contributed by atoms with van der Waals surface area (Å²) in [5, 5.41) is 10.3. The Morgan fingerprint density at radius 2 is 1.91 bits per heavy atom. The number of hydrogen-bond acceptors (Lipinski definition) is 2. The van der Waals surface area contributed by atoms with Gasteiger partial charge in [0.2, 0.25) is 0 Å². The second kappa shape index (κ2) is 5.53. The van der Waals surface area contributed by atoms with E-state index in [0.717, 1.165) is 42.6 Å². The molecule has 0 bridgehead atoms. The van der Waals surface area contributed by atoms with E-state index >= 15 is 0 Å². The van der Waals surface area contributed by atoms with Gasteiger partial charge in [-0.3, -0.25) is 4.79 Å². The molecule has 2 fully saturated rings. The van der Waals surface area contributed by atoms with Crippen LogP contribution in [0.2, 0.25) is 0 Å². The number of aliphatic hydroxyl groups excluding tert-OH is 1. The van der Waals surface area contributed by atoms with Crippen molar-refractivity contribution in [2.75, 3.05) is 6.54 Å². The molecule has 120 valence electrons. The van der Waals surface area contributed by atoms with Crippen LogP contribution >= 0.6 is 0 Å². The summed E-state index contributed by atoms with van der Waals surface area (Å²) in [6, 6.07) is 11.9. The van der Waals surface area contributed by atoms with Crippen LogP contribution in [0, 0.1) is 5.92 Å². The highest BCUT2D eigenvalue weighted by molar-refractivity contribution is 6.00. The second-order valence-corrected chi connectivity index (χ2v) is 6.74. The maximum absolute atomic E-state index is 13.1. The summed E-state index contributed by atoms with van der Waals surface area (Å²) in [5.41, 5.74) is 2.73. The van der Waals surface area contributed by atoms with Crippen molar-refractivity contribution in [3.63, 3.8) is 0 Å². The lowest BCUT2D eigenvalue weighted by molar-refractivity contribution is 0.0531. The van der Waals surface area contributed by atoms with E-state index in [1.54, 1.807) is 0 Å². The van der Waals surface area contributed by atoms with Gasteiger partial charge in [0, 0.05) is 19.8 Å². The lowest BCUT2D eigenvalue weighted by atomic mass is 10.0. The molecule has 1 saturated heterocycles. The molecule has 1 aromatic carbocycles. The van der Waals surface area contributed by atoms with Crippen LogP contribution < -0.4 is 0 Å². The minimum absolute atomic E-state index is 0.00586. The van der Waals surface area contributed by atoms with E-state index in [-0.39, 0.29) is 18.1 Å². The topological polar surface area (TPSA) is 45.5 Å². The number of carbonyl (C=O) groups excluding carboxylic acids is 1. The standard InChI is InChI=1S/C19H22N2O2/c1-20-11-10-15(17(20)13-5-3-2-4-6-13)19(23)21-12-9-14-7-8-16(22)18(14)21/h2-6,10-11,14,16,18,22H,7-9,12H2,1H3/t14-,16+,18+/m0/s1. The Morgan fingerprint density at radius 1 is 1.13 bits per heavy atom. The van der Waals surface area contributed by atoms with Crippen molar-refractivity contribution in [1.82, 2.24) is 9.47 Å². The summed E-state index contributed by atoms with van der Waals surface area (Å²) in [4.78, 5) is 15.1. The maximum Gasteiger partial charge on any atom is 0.256 e. The Labute approximate surface area is 136 Å². The molecule has 23 heavy (non-hydrogen) atoms. The molecule has 0 radical (unpaired) electrons. The Kier molecular flexibility index (Phi) is 3.49. The Hall–Kier alpha value is -2.07. The van der Waals surface area contributed by atoms with E-state index in [2.05, 4.69) is 0 Å². The number of aliphatic hydroxyl groups is 1. The van der Waals surface area contributed by atoms with E-state index in [1.807, 2.05) is 59.1 Å². The summed E-state index contributed by atoms with van der Waals surface area (Å²) >= 11 is 0. The SMILES string of the molecule is Cn1ccc(C(=O)N2CC[C@@H]3CC[C@@H](O)[C@@H]32)c1-c1ccccc1. The van der Waals surface area contributed by atoms with Gasteiger partial charge in [-0.1, -0.05) is 30.3 Å². The zero-order valence-corrected chi connectivity index (χ0v) is 13.4. The monoisotopic (exact) mass is 310 g/mol. The predicted octanol–water partition coefficient (Wildman–Crippen LogP) is 2.68. The first-order valence-corrected chi connectivity index (χ1v) is 8.36. The van der Waals surface area contributed by atoms with Crippen LogP contribution in [-0.4, -0.2) is 39.2 Å². The molecule has 0 spiro atoms. The maximum atomic E-state index is 13.1. The molecule has 1 amide bonds. The molecule has 2 heterocycles. The smallest absolute Gasteiger partial charge is 0.256 e. The third kappa shape index (κ3) is 2.29. The molecule has 4 rings (SSSR count). The third-order valence-corrected chi connectivity index (χ3v) is 5.42. The van der Waals surface area contributed by atoms with Gasteiger partial charge in [-0.05, 0) is 36.8 Å². The van der Waals surface area contributed by atoms with Crippen molar-refractivity contribution < 1.29 is 9.90 Å². The fraction of sp³-hybridized carbons (Fsp3) is 0.421. The zero-order valence-electron chi connectivity index (χ0n) is 13.4. The minimum Gasteiger partial charge on any atom is -0.391 e. The number of hydrogen-bond donors (Lipinski definition) is 1. The molecular weight excluding hydrogens is 288 g/mol. The molecule has 2 aliphatic rings. The first kappa shape index (κ1) is 14.5. The lowest BCUT2D eigenvalue weighted by Gasteiger charge is -2.27. The van der Waals surface area contributed by atoms with Crippen LogP contribution in [0.15, 0.2) is 42.6 Å². The normalized spacial score (nSPS) is 26.5. The van der Waals surface area contributed by atoms with E-state index in [0.29, 0.717) is 5.92 Å². The van der Waals surface area contributed by atoms with Gasteiger partial charge in [-0.15, -0.1) is 0 Å². The number of benzene rings is 1.